The van der Waals surface area contributed by atoms with Crippen molar-refractivity contribution in [1.82, 2.24) is 0 Å². The predicted molar refractivity (Wildman–Crippen MR) is 64.2 cm³/mol. The van der Waals surface area contributed by atoms with E-state index in [0.29, 0.717) is 8.47 Å². The molecule has 0 saturated carbocycles. The fraction of sp³-hybridized carbons (Fsp3) is 0. The maximum Gasteiger partial charge on any atom is 0.261 e. The molecule has 0 radical (unpaired) electrons. The third-order valence-electron chi connectivity index (χ3n) is 1.43. The minimum atomic E-state index is -3.81. The molecule has 0 aliphatic carbocycles. The van der Waals surface area contributed by atoms with Gasteiger partial charge in [0, 0.05) is 19.1 Å². The van der Waals surface area contributed by atoms with Crippen molar-refractivity contribution in [3.8, 4) is 6.07 Å². The number of nitrogens with zero attached hydrogens (tertiary/aromatic N) is 1. The number of nitriles is 1. The highest BCUT2D eigenvalue weighted by Crippen LogP contribution is 2.26. The molecule has 74 valence electrons. The lowest BCUT2D eigenvalue weighted by atomic mass is 10.2. The van der Waals surface area contributed by atoms with E-state index < -0.39 is 9.05 Å². The number of rotatable bonds is 1. The first-order valence-electron chi connectivity index (χ1n) is 3.23. The smallest absolute Gasteiger partial charge is 0.207 e. The molecule has 1 aromatic rings. The molecule has 1 rings (SSSR count). The van der Waals surface area contributed by atoms with Gasteiger partial charge in [-0.3, -0.25) is 0 Å². The van der Waals surface area contributed by atoms with E-state index >= 15 is 0 Å². The molecule has 0 aliphatic rings. The summed E-state index contributed by atoms with van der Waals surface area (Å²) < 4.78 is 22.6. The Balaban J connectivity index is 3.56. The van der Waals surface area contributed by atoms with Crippen molar-refractivity contribution in [2.75, 3.05) is 0 Å². The first-order valence-corrected chi connectivity index (χ1v) is 7.07. The second-order valence-corrected chi connectivity index (χ2v) is 6.48. The Morgan fingerprint density at radius 1 is 1.50 bits per heavy atom. The normalized spacial score (nSPS) is 11.0. The highest BCUT2D eigenvalue weighted by Gasteiger charge is 2.14. The minimum Gasteiger partial charge on any atom is -0.207 e. The fourth-order valence-electron chi connectivity index (χ4n) is 0.805. The quantitative estimate of drug-likeness (QED) is 0.476. The molecular formula is C7H3ClINO2S2. The summed E-state index contributed by atoms with van der Waals surface area (Å²) in [5, 5.41) is 8.71. The van der Waals surface area contributed by atoms with Crippen LogP contribution < -0.4 is 0 Å². The molecule has 0 atom stereocenters. The van der Waals surface area contributed by atoms with Gasteiger partial charge < -0.3 is 0 Å². The van der Waals surface area contributed by atoms with Crippen LogP contribution in [0.15, 0.2) is 21.9 Å². The topological polar surface area (TPSA) is 57.9 Å². The number of hydrogen-bond donors (Lipinski definition) is 1. The highest BCUT2D eigenvalue weighted by atomic mass is 127. The van der Waals surface area contributed by atoms with Gasteiger partial charge in [0.25, 0.3) is 9.05 Å². The SMILES string of the molecule is N#Cc1cc(S(=O)(=O)Cl)cc(S)c1I. The summed E-state index contributed by atoms with van der Waals surface area (Å²) in [5.41, 5.74) is 0.248. The molecular weight excluding hydrogens is 357 g/mol. The maximum atomic E-state index is 11.0. The summed E-state index contributed by atoms with van der Waals surface area (Å²) in [7, 11) is 1.33. The van der Waals surface area contributed by atoms with E-state index in [1.807, 2.05) is 28.7 Å². The van der Waals surface area contributed by atoms with Crippen LogP contribution in [0.25, 0.3) is 0 Å². The summed E-state index contributed by atoms with van der Waals surface area (Å²) >= 11 is 5.95. The maximum absolute atomic E-state index is 11.0. The van der Waals surface area contributed by atoms with E-state index in [9.17, 15) is 8.42 Å². The van der Waals surface area contributed by atoms with Crippen LogP contribution in [0.5, 0.6) is 0 Å². The Hall–Kier alpha value is 0.0300. The molecule has 0 unspecified atom stereocenters. The summed E-state index contributed by atoms with van der Waals surface area (Å²) in [6, 6.07) is 4.41. The van der Waals surface area contributed by atoms with Crippen molar-refractivity contribution < 1.29 is 8.42 Å². The predicted octanol–water partition coefficient (Wildman–Crippen LogP) is 2.38. The van der Waals surface area contributed by atoms with E-state index in [-0.39, 0.29) is 10.5 Å². The Bertz CT molecular complexity index is 521. The molecule has 0 aromatic heterocycles. The molecule has 0 bridgehead atoms. The van der Waals surface area contributed by atoms with Gasteiger partial charge in [0.1, 0.15) is 6.07 Å². The molecule has 14 heavy (non-hydrogen) atoms. The van der Waals surface area contributed by atoms with Crippen LogP contribution in [0.1, 0.15) is 5.56 Å². The van der Waals surface area contributed by atoms with Crippen molar-refractivity contribution in [2.24, 2.45) is 0 Å². The Kier molecular flexibility index (Phi) is 3.69. The van der Waals surface area contributed by atoms with Gasteiger partial charge in [-0.2, -0.15) is 5.26 Å². The summed E-state index contributed by atoms with van der Waals surface area (Å²) in [6.07, 6.45) is 0. The van der Waals surface area contributed by atoms with Gasteiger partial charge in [-0.05, 0) is 34.7 Å². The van der Waals surface area contributed by atoms with E-state index in [4.69, 9.17) is 15.9 Å². The molecule has 3 nitrogen and oxygen atoms in total. The Morgan fingerprint density at radius 3 is 2.50 bits per heavy atom. The Morgan fingerprint density at radius 2 is 2.07 bits per heavy atom. The Labute approximate surface area is 105 Å². The van der Waals surface area contributed by atoms with E-state index in [1.54, 1.807) is 0 Å². The lowest BCUT2D eigenvalue weighted by Gasteiger charge is -2.02. The average molecular weight is 360 g/mol. The monoisotopic (exact) mass is 359 g/mol. The third kappa shape index (κ3) is 2.53. The lowest BCUT2D eigenvalue weighted by molar-refractivity contribution is 0.609. The zero-order chi connectivity index (χ0) is 10.9. The summed E-state index contributed by atoms with van der Waals surface area (Å²) in [4.78, 5) is 0.310. The molecule has 0 aliphatic heterocycles. The van der Waals surface area contributed by atoms with Gasteiger partial charge in [0.2, 0.25) is 0 Å². The molecule has 0 heterocycles. The van der Waals surface area contributed by atoms with Crippen LogP contribution >= 0.6 is 45.9 Å². The molecule has 0 saturated heterocycles. The molecule has 0 N–H and O–H groups in total. The average Bonchev–Trinajstić information content (AvgIpc) is 2.07. The van der Waals surface area contributed by atoms with Crippen LogP contribution in [0.4, 0.5) is 0 Å². The zero-order valence-electron chi connectivity index (χ0n) is 6.53. The van der Waals surface area contributed by atoms with Gasteiger partial charge in [0.15, 0.2) is 0 Å². The fourth-order valence-corrected chi connectivity index (χ4v) is 2.37. The standard InChI is InChI=1S/C7H3ClINO2S2/c8-14(11,12)5-1-4(3-10)7(9)6(13)2-5/h1-2,13H. The number of benzene rings is 1. The van der Waals surface area contributed by atoms with Gasteiger partial charge in [-0.25, -0.2) is 8.42 Å². The lowest BCUT2D eigenvalue weighted by Crippen LogP contribution is -1.94. The van der Waals surface area contributed by atoms with Crippen molar-refractivity contribution in [1.29, 1.82) is 5.26 Å². The van der Waals surface area contributed by atoms with Gasteiger partial charge in [0.05, 0.1) is 10.5 Å². The van der Waals surface area contributed by atoms with Crippen LogP contribution in [-0.4, -0.2) is 8.42 Å². The second-order valence-electron chi connectivity index (χ2n) is 2.35. The third-order valence-corrected chi connectivity index (χ3v) is 4.70. The molecule has 0 amide bonds. The molecule has 0 fully saturated rings. The van der Waals surface area contributed by atoms with Gasteiger partial charge in [-0.1, -0.05) is 0 Å². The number of hydrogen-bond acceptors (Lipinski definition) is 4. The minimum absolute atomic E-state index is 0.110. The summed E-state index contributed by atoms with van der Waals surface area (Å²) in [5.74, 6) is 0. The van der Waals surface area contributed by atoms with Crippen molar-refractivity contribution >= 4 is 55.0 Å². The van der Waals surface area contributed by atoms with Crippen molar-refractivity contribution in [3.63, 3.8) is 0 Å². The largest absolute Gasteiger partial charge is 0.261 e. The van der Waals surface area contributed by atoms with Crippen molar-refractivity contribution in [2.45, 2.75) is 9.79 Å². The van der Waals surface area contributed by atoms with E-state index in [2.05, 4.69) is 12.6 Å². The van der Waals surface area contributed by atoms with Crippen LogP contribution in [0.2, 0.25) is 0 Å². The van der Waals surface area contributed by atoms with Crippen molar-refractivity contribution in [3.05, 3.63) is 21.3 Å². The molecule has 0 spiro atoms. The van der Waals surface area contributed by atoms with E-state index in [0.717, 1.165) is 0 Å². The van der Waals surface area contributed by atoms with Crippen LogP contribution in [0.3, 0.4) is 0 Å². The van der Waals surface area contributed by atoms with Gasteiger partial charge >= 0.3 is 0 Å². The summed E-state index contributed by atoms with van der Waals surface area (Å²) in [6.45, 7) is 0. The highest BCUT2D eigenvalue weighted by molar-refractivity contribution is 14.1. The van der Waals surface area contributed by atoms with Crippen LogP contribution in [0, 0.1) is 14.9 Å². The molecule has 1 aromatic carbocycles. The zero-order valence-corrected chi connectivity index (χ0v) is 11.2. The van der Waals surface area contributed by atoms with Crippen LogP contribution in [-0.2, 0) is 9.05 Å². The number of halogens is 2. The second kappa shape index (κ2) is 4.26. The first-order chi connectivity index (χ1) is 6.36. The first kappa shape index (κ1) is 12.1. The molecule has 7 heteroatoms. The van der Waals surface area contributed by atoms with E-state index in [1.165, 1.54) is 12.1 Å². The van der Waals surface area contributed by atoms with Gasteiger partial charge in [-0.15, -0.1) is 12.6 Å². The number of thiol groups is 1.